The molecule has 0 spiro atoms. The van der Waals surface area contributed by atoms with Crippen molar-refractivity contribution in [1.82, 2.24) is 5.01 Å². The van der Waals surface area contributed by atoms with E-state index in [4.69, 9.17) is 16.3 Å². The van der Waals surface area contributed by atoms with Crippen LogP contribution in [0.5, 0.6) is 0 Å². The molecule has 0 saturated heterocycles. The van der Waals surface area contributed by atoms with Crippen LogP contribution in [-0.4, -0.2) is 43.4 Å². The number of benzene rings is 1. The SMILES string of the molecule is CCN(CC)c1ccc(/C(Cl)=C/C(C)=C/C(C)=C2\C(=O)N(C)N=C2OC=O)cc1. The molecule has 1 aliphatic rings. The molecule has 1 heterocycles. The highest BCUT2D eigenvalue weighted by molar-refractivity contribution is 6.49. The van der Waals surface area contributed by atoms with Crippen molar-refractivity contribution < 1.29 is 14.3 Å². The molecule has 0 fully saturated rings. The van der Waals surface area contributed by atoms with E-state index in [1.807, 2.05) is 31.2 Å². The zero-order valence-corrected chi connectivity index (χ0v) is 18.2. The molecule has 0 N–H and O–H groups in total. The maximum Gasteiger partial charge on any atom is 0.299 e. The highest BCUT2D eigenvalue weighted by Gasteiger charge is 2.30. The third kappa shape index (κ3) is 5.35. The number of ether oxygens (including phenoxy) is 1. The molecule has 29 heavy (non-hydrogen) atoms. The minimum absolute atomic E-state index is 0.00359. The number of amides is 1. The zero-order chi connectivity index (χ0) is 21.6. The Morgan fingerprint density at radius 3 is 2.34 bits per heavy atom. The smallest absolute Gasteiger partial charge is 0.299 e. The highest BCUT2D eigenvalue weighted by atomic mass is 35.5. The summed E-state index contributed by atoms with van der Waals surface area (Å²) in [4.78, 5) is 25.2. The first-order chi connectivity index (χ1) is 13.8. The van der Waals surface area contributed by atoms with Gasteiger partial charge in [0.1, 0.15) is 5.57 Å². The Morgan fingerprint density at radius 2 is 1.79 bits per heavy atom. The van der Waals surface area contributed by atoms with Crippen LogP contribution in [0.25, 0.3) is 5.03 Å². The topological polar surface area (TPSA) is 62.2 Å². The summed E-state index contributed by atoms with van der Waals surface area (Å²) in [6.45, 7) is 10.0. The van der Waals surface area contributed by atoms with E-state index in [1.54, 1.807) is 6.92 Å². The molecule has 1 aromatic rings. The molecule has 0 aromatic heterocycles. The van der Waals surface area contributed by atoms with Crippen LogP contribution >= 0.6 is 11.6 Å². The van der Waals surface area contributed by atoms with Crippen molar-refractivity contribution in [2.75, 3.05) is 25.0 Å². The minimum Gasteiger partial charge on any atom is -0.407 e. The van der Waals surface area contributed by atoms with Crippen LogP contribution in [0, 0.1) is 0 Å². The standard InChI is InChI=1S/C22H26ClN3O3/c1-6-26(7-2)18-10-8-17(9-11-18)19(23)13-15(3)12-16(4)20-21(29-14-27)24-25(5)22(20)28/h8-14H,6-7H2,1-5H3/b15-12+,19-13-,20-16-. The third-order valence-corrected chi connectivity index (χ3v) is 4.91. The Balaban J connectivity index is 2.27. The van der Waals surface area contributed by atoms with E-state index in [0.717, 1.165) is 34.9 Å². The lowest BCUT2D eigenvalue weighted by atomic mass is 10.1. The minimum atomic E-state index is -0.328. The molecule has 2 rings (SSSR count). The van der Waals surface area contributed by atoms with Gasteiger partial charge in [-0.15, -0.1) is 5.10 Å². The Bertz CT molecular complexity index is 894. The average Bonchev–Trinajstić information content (AvgIpc) is 2.97. The molecule has 0 radical (unpaired) electrons. The monoisotopic (exact) mass is 415 g/mol. The summed E-state index contributed by atoms with van der Waals surface area (Å²) in [7, 11) is 1.51. The van der Waals surface area contributed by atoms with Gasteiger partial charge < -0.3 is 9.64 Å². The molecular weight excluding hydrogens is 390 g/mol. The number of rotatable bonds is 7. The molecular formula is C22H26ClN3O3. The van der Waals surface area contributed by atoms with E-state index in [9.17, 15) is 9.59 Å². The van der Waals surface area contributed by atoms with E-state index in [0.29, 0.717) is 10.6 Å². The van der Waals surface area contributed by atoms with Crippen LogP contribution in [0.2, 0.25) is 0 Å². The summed E-state index contributed by atoms with van der Waals surface area (Å²) in [6.07, 6.45) is 3.64. The first-order valence-corrected chi connectivity index (χ1v) is 9.79. The second-order valence-corrected chi connectivity index (χ2v) is 7.01. The van der Waals surface area contributed by atoms with Gasteiger partial charge in [0.2, 0.25) is 0 Å². The van der Waals surface area contributed by atoms with Gasteiger partial charge in [0.05, 0.1) is 0 Å². The van der Waals surface area contributed by atoms with Gasteiger partial charge in [0, 0.05) is 30.9 Å². The average molecular weight is 416 g/mol. The summed E-state index contributed by atoms with van der Waals surface area (Å²) in [5.41, 5.74) is 3.80. The Hall–Kier alpha value is -2.86. The largest absolute Gasteiger partial charge is 0.407 e. The van der Waals surface area contributed by atoms with Gasteiger partial charge in [-0.1, -0.05) is 29.8 Å². The normalized spacial score (nSPS) is 16.7. The van der Waals surface area contributed by atoms with Crippen LogP contribution in [0.15, 0.2) is 58.2 Å². The predicted octanol–water partition coefficient (Wildman–Crippen LogP) is 4.33. The van der Waals surface area contributed by atoms with Gasteiger partial charge in [-0.05, 0) is 62.6 Å². The Labute approximate surface area is 176 Å². The molecule has 1 amide bonds. The van der Waals surface area contributed by atoms with Crippen molar-refractivity contribution >= 4 is 40.6 Å². The van der Waals surface area contributed by atoms with Gasteiger partial charge in [-0.25, -0.2) is 5.01 Å². The van der Waals surface area contributed by atoms with Crippen molar-refractivity contribution in [1.29, 1.82) is 0 Å². The van der Waals surface area contributed by atoms with Crippen LogP contribution in [-0.2, 0) is 14.3 Å². The number of anilines is 1. The van der Waals surface area contributed by atoms with Gasteiger partial charge in [-0.2, -0.15) is 0 Å². The van der Waals surface area contributed by atoms with E-state index >= 15 is 0 Å². The van der Waals surface area contributed by atoms with Crippen LogP contribution < -0.4 is 4.90 Å². The Morgan fingerprint density at radius 1 is 1.17 bits per heavy atom. The molecule has 0 unspecified atom stereocenters. The fraction of sp³-hybridized carbons (Fsp3) is 0.318. The summed E-state index contributed by atoms with van der Waals surface area (Å²) in [5, 5.41) is 5.66. The summed E-state index contributed by atoms with van der Waals surface area (Å²) in [5.74, 6) is -0.332. The summed E-state index contributed by atoms with van der Waals surface area (Å²) >= 11 is 6.49. The van der Waals surface area contributed by atoms with E-state index in [1.165, 1.54) is 7.05 Å². The molecule has 0 aliphatic carbocycles. The highest BCUT2D eigenvalue weighted by Crippen LogP contribution is 2.25. The first kappa shape index (κ1) is 22.4. The van der Waals surface area contributed by atoms with Crippen molar-refractivity contribution in [3.63, 3.8) is 0 Å². The number of halogens is 1. The van der Waals surface area contributed by atoms with Crippen LogP contribution in [0.3, 0.4) is 0 Å². The van der Waals surface area contributed by atoms with Crippen molar-refractivity contribution in [3.05, 3.63) is 58.7 Å². The Kier molecular flexibility index (Phi) is 7.79. The van der Waals surface area contributed by atoms with Gasteiger partial charge in [0.15, 0.2) is 0 Å². The first-order valence-electron chi connectivity index (χ1n) is 9.41. The molecule has 1 aromatic carbocycles. The number of likely N-dealkylation sites (N-methyl/N-ethyl adjacent to an activating group) is 1. The molecule has 7 heteroatoms. The van der Waals surface area contributed by atoms with Crippen molar-refractivity contribution in [3.8, 4) is 0 Å². The van der Waals surface area contributed by atoms with E-state index in [2.05, 4.69) is 36.0 Å². The predicted molar refractivity (Wildman–Crippen MR) is 118 cm³/mol. The van der Waals surface area contributed by atoms with Crippen molar-refractivity contribution in [2.24, 2.45) is 5.10 Å². The number of carbonyl (C=O) groups is 2. The molecule has 154 valence electrons. The number of hydrogen-bond donors (Lipinski definition) is 0. The number of nitrogens with zero attached hydrogens (tertiary/aromatic N) is 3. The number of hydrazone groups is 1. The molecule has 0 bridgehead atoms. The quantitative estimate of drug-likeness (QED) is 0.377. The van der Waals surface area contributed by atoms with Crippen LogP contribution in [0.4, 0.5) is 5.69 Å². The van der Waals surface area contributed by atoms with E-state index < -0.39 is 0 Å². The number of hydrogen-bond acceptors (Lipinski definition) is 5. The van der Waals surface area contributed by atoms with Gasteiger partial charge in [0.25, 0.3) is 18.3 Å². The van der Waals surface area contributed by atoms with Gasteiger partial charge in [-0.3, -0.25) is 9.59 Å². The van der Waals surface area contributed by atoms with Crippen LogP contribution in [0.1, 0.15) is 33.3 Å². The lowest BCUT2D eigenvalue weighted by Crippen LogP contribution is -2.21. The fourth-order valence-corrected chi connectivity index (χ4v) is 3.41. The summed E-state index contributed by atoms with van der Waals surface area (Å²) < 4.78 is 4.83. The maximum absolute atomic E-state index is 12.3. The lowest BCUT2D eigenvalue weighted by molar-refractivity contribution is -0.124. The zero-order valence-electron chi connectivity index (χ0n) is 17.4. The fourth-order valence-electron chi connectivity index (χ4n) is 3.11. The number of allylic oxidation sites excluding steroid dienone is 4. The molecule has 0 saturated carbocycles. The second kappa shape index (κ2) is 10.1. The molecule has 6 nitrogen and oxygen atoms in total. The molecule has 0 atom stereocenters. The molecule has 1 aliphatic heterocycles. The van der Waals surface area contributed by atoms with Crippen molar-refractivity contribution in [2.45, 2.75) is 27.7 Å². The summed E-state index contributed by atoms with van der Waals surface area (Å²) in [6, 6.07) is 8.08. The maximum atomic E-state index is 12.3. The van der Waals surface area contributed by atoms with Gasteiger partial charge >= 0.3 is 0 Å². The van der Waals surface area contributed by atoms with E-state index in [-0.39, 0.29) is 23.9 Å². The number of carbonyl (C=O) groups excluding carboxylic acids is 2. The lowest BCUT2D eigenvalue weighted by Gasteiger charge is -2.21. The third-order valence-electron chi connectivity index (χ3n) is 4.59. The second-order valence-electron chi connectivity index (χ2n) is 6.61.